The van der Waals surface area contributed by atoms with Crippen molar-refractivity contribution in [2.45, 2.75) is 5.92 Å². The van der Waals surface area contributed by atoms with Gasteiger partial charge in [-0.1, -0.05) is 66.6 Å². The van der Waals surface area contributed by atoms with Crippen LogP contribution < -0.4 is 5.32 Å². The number of carbonyl (C=O) groups excluding carboxylic acids is 1. The Morgan fingerprint density at radius 2 is 1.55 bits per heavy atom. The number of rotatable bonds is 3. The van der Waals surface area contributed by atoms with Gasteiger partial charge < -0.3 is 10.1 Å². The van der Waals surface area contributed by atoms with E-state index in [2.05, 4.69) is 51.4 Å². The second-order valence-corrected chi connectivity index (χ2v) is 7.22. The van der Waals surface area contributed by atoms with Crippen LogP contribution in [0, 0.1) is 11.8 Å². The van der Waals surface area contributed by atoms with Crippen LogP contribution in [-0.4, -0.2) is 29.2 Å². The first-order valence-electron chi connectivity index (χ1n) is 10.1. The average Bonchev–Trinajstić information content (AvgIpc) is 3.14. The molecule has 1 aliphatic carbocycles. The summed E-state index contributed by atoms with van der Waals surface area (Å²) in [5.74, 6) is 5.85. The van der Waals surface area contributed by atoms with E-state index in [1.165, 1.54) is 22.3 Å². The molecule has 5 heteroatoms. The maximum absolute atomic E-state index is 12.2. The van der Waals surface area contributed by atoms with Gasteiger partial charge in [0.25, 0.3) is 0 Å². The zero-order chi connectivity index (χ0) is 21.0. The van der Waals surface area contributed by atoms with Crippen LogP contribution in [0.15, 0.2) is 79.0 Å². The van der Waals surface area contributed by atoms with Crippen molar-refractivity contribution in [2.24, 2.45) is 0 Å². The van der Waals surface area contributed by atoms with Crippen LogP contribution in [0.3, 0.4) is 0 Å². The molecule has 1 N–H and O–H groups in total. The average molecular weight is 405 g/mol. The summed E-state index contributed by atoms with van der Waals surface area (Å²) in [7, 11) is 0. The second kappa shape index (κ2) is 8.29. The van der Waals surface area contributed by atoms with Crippen LogP contribution in [0.1, 0.15) is 22.7 Å². The number of amides is 1. The van der Waals surface area contributed by atoms with E-state index in [-0.39, 0.29) is 19.1 Å². The predicted octanol–water partition coefficient (Wildman–Crippen LogP) is 4.52. The lowest BCUT2D eigenvalue weighted by molar-refractivity contribution is 0.144. The summed E-state index contributed by atoms with van der Waals surface area (Å²) >= 11 is 0. The first kappa shape index (κ1) is 18.8. The molecule has 31 heavy (non-hydrogen) atoms. The number of fused-ring (bicyclic) bond motifs is 4. The summed E-state index contributed by atoms with van der Waals surface area (Å²) in [5, 5.41) is 2.68. The fourth-order valence-electron chi connectivity index (χ4n) is 3.92. The van der Waals surface area contributed by atoms with Gasteiger partial charge in [-0.25, -0.2) is 9.78 Å². The lowest BCUT2D eigenvalue weighted by atomic mass is 9.98. The summed E-state index contributed by atoms with van der Waals surface area (Å²) in [6.45, 7) is 0.453. The molecule has 4 aromatic rings. The number of hydrogen-bond donors (Lipinski definition) is 1. The summed E-state index contributed by atoms with van der Waals surface area (Å²) in [6.07, 6.45) is 1.14. The Bertz CT molecular complexity index is 1290. The molecule has 3 aromatic carbocycles. The molecule has 1 amide bonds. The first-order chi connectivity index (χ1) is 15.3. The summed E-state index contributed by atoms with van der Waals surface area (Å²) in [4.78, 5) is 21.0. The van der Waals surface area contributed by atoms with Gasteiger partial charge in [0, 0.05) is 5.92 Å². The number of hydrogen-bond acceptors (Lipinski definition) is 4. The van der Waals surface area contributed by atoms with Crippen molar-refractivity contribution in [1.82, 2.24) is 15.3 Å². The predicted molar refractivity (Wildman–Crippen MR) is 119 cm³/mol. The molecular formula is C26H19N3O2. The quantitative estimate of drug-likeness (QED) is 0.509. The molecule has 0 aliphatic heterocycles. The van der Waals surface area contributed by atoms with E-state index in [1.54, 1.807) is 6.20 Å². The lowest BCUT2D eigenvalue weighted by Crippen LogP contribution is -2.26. The van der Waals surface area contributed by atoms with E-state index >= 15 is 0 Å². The topological polar surface area (TPSA) is 64.1 Å². The standard InChI is InChI=1S/C26H19N3O2/c30-26(27-15-7-8-18-16-28-24-13-5-6-14-25(24)29-18)31-17-23-21-11-3-1-9-19(21)20-10-2-4-12-22(20)23/h1-6,9-14,16,23H,15,17H2,(H,27,30). The molecule has 0 saturated carbocycles. The molecule has 0 fully saturated rings. The molecule has 5 rings (SSSR count). The molecule has 150 valence electrons. The minimum absolute atomic E-state index is 0.0390. The molecule has 0 saturated heterocycles. The van der Waals surface area contributed by atoms with Crippen molar-refractivity contribution < 1.29 is 9.53 Å². The van der Waals surface area contributed by atoms with Crippen molar-refractivity contribution in [3.05, 3.63) is 95.8 Å². The number of nitrogens with one attached hydrogen (secondary N) is 1. The largest absolute Gasteiger partial charge is 0.449 e. The zero-order valence-electron chi connectivity index (χ0n) is 16.7. The van der Waals surface area contributed by atoms with Gasteiger partial charge >= 0.3 is 6.09 Å². The monoisotopic (exact) mass is 405 g/mol. The molecule has 1 heterocycles. The third kappa shape index (κ3) is 3.84. The van der Waals surface area contributed by atoms with E-state index in [4.69, 9.17) is 4.74 Å². The molecule has 0 unspecified atom stereocenters. The molecule has 0 atom stereocenters. The molecular weight excluding hydrogens is 386 g/mol. The molecule has 0 bridgehead atoms. The van der Waals surface area contributed by atoms with E-state index in [1.807, 2.05) is 48.5 Å². The van der Waals surface area contributed by atoms with Crippen molar-refractivity contribution in [3.8, 4) is 23.0 Å². The Morgan fingerprint density at radius 3 is 2.29 bits per heavy atom. The highest BCUT2D eigenvalue weighted by Gasteiger charge is 2.28. The number of nitrogens with zero attached hydrogens (tertiary/aromatic N) is 2. The number of aromatic nitrogens is 2. The first-order valence-corrected chi connectivity index (χ1v) is 10.1. The van der Waals surface area contributed by atoms with Crippen LogP contribution in [-0.2, 0) is 4.74 Å². The fraction of sp³-hybridized carbons (Fsp3) is 0.115. The van der Waals surface area contributed by atoms with Gasteiger partial charge in [-0.15, -0.1) is 0 Å². The number of carbonyl (C=O) groups is 1. The Morgan fingerprint density at radius 1 is 0.903 bits per heavy atom. The van der Waals surface area contributed by atoms with Crippen LogP contribution in [0.25, 0.3) is 22.2 Å². The van der Waals surface area contributed by atoms with Gasteiger partial charge in [-0.2, -0.15) is 0 Å². The fourth-order valence-corrected chi connectivity index (χ4v) is 3.92. The van der Waals surface area contributed by atoms with Gasteiger partial charge in [0.15, 0.2) is 0 Å². The van der Waals surface area contributed by atoms with Crippen LogP contribution >= 0.6 is 0 Å². The normalized spacial score (nSPS) is 11.9. The minimum Gasteiger partial charge on any atom is -0.449 e. The number of alkyl carbamates (subject to hydrolysis) is 1. The Balaban J connectivity index is 1.19. The van der Waals surface area contributed by atoms with Crippen LogP contribution in [0.4, 0.5) is 4.79 Å². The Hall–Kier alpha value is -4.17. The molecule has 1 aliphatic rings. The number of para-hydroxylation sites is 2. The highest BCUT2D eigenvalue weighted by Crippen LogP contribution is 2.44. The third-order valence-electron chi connectivity index (χ3n) is 5.33. The maximum Gasteiger partial charge on any atom is 0.407 e. The van der Waals surface area contributed by atoms with Crippen LogP contribution in [0.5, 0.6) is 0 Å². The minimum atomic E-state index is -0.485. The third-order valence-corrected chi connectivity index (χ3v) is 5.33. The molecule has 0 radical (unpaired) electrons. The van der Waals surface area contributed by atoms with Gasteiger partial charge in [0.1, 0.15) is 12.3 Å². The van der Waals surface area contributed by atoms with E-state index < -0.39 is 6.09 Å². The summed E-state index contributed by atoms with van der Waals surface area (Å²) in [5.41, 5.74) is 6.96. The highest BCUT2D eigenvalue weighted by atomic mass is 16.5. The number of benzene rings is 3. The van der Waals surface area contributed by atoms with E-state index in [0.29, 0.717) is 5.69 Å². The highest BCUT2D eigenvalue weighted by molar-refractivity contribution is 5.79. The molecule has 1 aromatic heterocycles. The van der Waals surface area contributed by atoms with E-state index in [0.717, 1.165) is 11.0 Å². The van der Waals surface area contributed by atoms with Crippen molar-refractivity contribution in [1.29, 1.82) is 0 Å². The molecule has 0 spiro atoms. The summed E-state index contributed by atoms with van der Waals surface area (Å²) in [6, 6.07) is 24.1. The smallest absolute Gasteiger partial charge is 0.407 e. The summed E-state index contributed by atoms with van der Waals surface area (Å²) < 4.78 is 5.50. The Labute approximate surface area is 180 Å². The van der Waals surface area contributed by atoms with Gasteiger partial charge in [-0.05, 0) is 40.3 Å². The molecule has 5 nitrogen and oxygen atoms in total. The lowest BCUT2D eigenvalue weighted by Gasteiger charge is -2.14. The van der Waals surface area contributed by atoms with Crippen molar-refractivity contribution >= 4 is 17.1 Å². The van der Waals surface area contributed by atoms with Crippen molar-refractivity contribution in [3.63, 3.8) is 0 Å². The number of ether oxygens (including phenoxy) is 1. The van der Waals surface area contributed by atoms with Gasteiger partial charge in [0.05, 0.1) is 23.8 Å². The van der Waals surface area contributed by atoms with Gasteiger partial charge in [-0.3, -0.25) is 4.98 Å². The van der Waals surface area contributed by atoms with Crippen molar-refractivity contribution in [2.75, 3.05) is 13.2 Å². The maximum atomic E-state index is 12.2. The second-order valence-electron chi connectivity index (χ2n) is 7.22. The van der Waals surface area contributed by atoms with E-state index in [9.17, 15) is 4.79 Å². The van der Waals surface area contributed by atoms with Gasteiger partial charge in [0.2, 0.25) is 0 Å². The SMILES string of the molecule is O=C(NCC#Cc1cnc2ccccc2n1)OCC1c2ccccc2-c2ccccc21. The Kier molecular flexibility index (Phi) is 5.04. The zero-order valence-corrected chi connectivity index (χ0v) is 16.7. The van der Waals surface area contributed by atoms with Crippen LogP contribution in [0.2, 0.25) is 0 Å².